The molecular weight excluding hydrogens is 174 g/mol. The molecule has 1 rings (SSSR count). The van der Waals surface area contributed by atoms with E-state index in [-0.39, 0.29) is 5.92 Å². The average Bonchev–Trinajstić information content (AvgIpc) is 2.14. The van der Waals surface area contributed by atoms with Crippen molar-refractivity contribution in [2.45, 2.75) is 33.6 Å². The first-order valence-corrected chi connectivity index (χ1v) is 4.68. The summed E-state index contributed by atoms with van der Waals surface area (Å²) in [5.41, 5.74) is 3.73. The van der Waals surface area contributed by atoms with Gasteiger partial charge in [0.15, 0.2) is 0 Å². The first-order valence-electron chi connectivity index (χ1n) is 4.68. The number of benzene rings is 1. The fourth-order valence-corrected chi connectivity index (χ4v) is 1.92. The molecule has 1 N–H and O–H groups in total. The second kappa shape index (κ2) is 3.71. The first-order chi connectivity index (χ1) is 6.49. The predicted molar refractivity (Wildman–Crippen MR) is 56.3 cm³/mol. The number of rotatable bonds is 1. The molecule has 0 saturated carbocycles. The van der Waals surface area contributed by atoms with Gasteiger partial charge in [-0.2, -0.15) is 5.26 Å². The van der Waals surface area contributed by atoms with E-state index in [0.29, 0.717) is 5.75 Å². The molecule has 1 aromatic rings. The van der Waals surface area contributed by atoms with Crippen LogP contribution in [0.1, 0.15) is 35.1 Å². The van der Waals surface area contributed by atoms with Gasteiger partial charge in [-0.25, -0.2) is 0 Å². The molecule has 0 fully saturated rings. The standard InChI is InChI=1S/C12H15NO/c1-7-5-8(2)12(14)10(4)11(7)9(3)6-13/h5,9,14H,1-4H3. The summed E-state index contributed by atoms with van der Waals surface area (Å²) in [6.07, 6.45) is 0. The Morgan fingerprint density at radius 1 is 1.29 bits per heavy atom. The summed E-state index contributed by atoms with van der Waals surface area (Å²) < 4.78 is 0. The molecule has 0 aromatic heterocycles. The molecule has 0 aliphatic heterocycles. The molecule has 1 unspecified atom stereocenters. The molecular formula is C12H15NO. The highest BCUT2D eigenvalue weighted by atomic mass is 16.3. The third-order valence-electron chi connectivity index (χ3n) is 2.62. The summed E-state index contributed by atoms with van der Waals surface area (Å²) in [6.45, 7) is 7.56. The van der Waals surface area contributed by atoms with Crippen LogP contribution >= 0.6 is 0 Å². The minimum Gasteiger partial charge on any atom is -0.507 e. The van der Waals surface area contributed by atoms with E-state index < -0.39 is 0 Å². The molecule has 0 bridgehead atoms. The van der Waals surface area contributed by atoms with Crippen molar-refractivity contribution in [1.82, 2.24) is 0 Å². The van der Waals surface area contributed by atoms with Gasteiger partial charge in [0.05, 0.1) is 12.0 Å². The second-order valence-corrected chi connectivity index (χ2v) is 3.75. The van der Waals surface area contributed by atoms with Crippen molar-refractivity contribution >= 4 is 0 Å². The average molecular weight is 189 g/mol. The van der Waals surface area contributed by atoms with Crippen LogP contribution in [-0.2, 0) is 0 Å². The van der Waals surface area contributed by atoms with E-state index in [1.807, 2.05) is 33.8 Å². The Balaban J connectivity index is 3.45. The number of hydrogen-bond donors (Lipinski definition) is 1. The van der Waals surface area contributed by atoms with Crippen LogP contribution in [-0.4, -0.2) is 5.11 Å². The molecule has 2 heteroatoms. The Kier molecular flexibility index (Phi) is 2.81. The minimum atomic E-state index is -0.165. The molecule has 0 aliphatic rings. The maximum atomic E-state index is 9.75. The fourth-order valence-electron chi connectivity index (χ4n) is 1.92. The van der Waals surface area contributed by atoms with Crippen LogP contribution in [0.25, 0.3) is 0 Å². The van der Waals surface area contributed by atoms with Crippen molar-refractivity contribution in [2.24, 2.45) is 0 Å². The number of phenols is 1. The Morgan fingerprint density at radius 3 is 2.36 bits per heavy atom. The predicted octanol–water partition coefficient (Wildman–Crippen LogP) is 2.94. The summed E-state index contributed by atoms with van der Waals surface area (Å²) >= 11 is 0. The molecule has 0 aliphatic carbocycles. The second-order valence-electron chi connectivity index (χ2n) is 3.75. The van der Waals surface area contributed by atoms with Gasteiger partial charge in [0.1, 0.15) is 5.75 Å². The SMILES string of the molecule is Cc1cc(C)c(C(C)C#N)c(C)c1O. The summed E-state index contributed by atoms with van der Waals surface area (Å²) in [7, 11) is 0. The van der Waals surface area contributed by atoms with Crippen LogP contribution in [0.2, 0.25) is 0 Å². The lowest BCUT2D eigenvalue weighted by molar-refractivity contribution is 0.465. The summed E-state index contributed by atoms with van der Waals surface area (Å²) in [6, 6.07) is 4.12. The fraction of sp³-hybridized carbons (Fsp3) is 0.417. The van der Waals surface area contributed by atoms with Gasteiger partial charge in [-0.1, -0.05) is 6.07 Å². The highest BCUT2D eigenvalue weighted by molar-refractivity contribution is 5.50. The lowest BCUT2D eigenvalue weighted by Crippen LogP contribution is -1.99. The van der Waals surface area contributed by atoms with Crippen molar-refractivity contribution in [3.05, 3.63) is 28.3 Å². The van der Waals surface area contributed by atoms with Gasteiger partial charge >= 0.3 is 0 Å². The zero-order valence-electron chi connectivity index (χ0n) is 9.05. The number of aryl methyl sites for hydroxylation is 2. The van der Waals surface area contributed by atoms with Crippen molar-refractivity contribution in [2.75, 3.05) is 0 Å². The summed E-state index contributed by atoms with van der Waals surface area (Å²) in [4.78, 5) is 0. The molecule has 0 spiro atoms. The Morgan fingerprint density at radius 2 is 1.86 bits per heavy atom. The number of nitrogens with zero attached hydrogens (tertiary/aromatic N) is 1. The van der Waals surface area contributed by atoms with Crippen LogP contribution in [0.4, 0.5) is 0 Å². The van der Waals surface area contributed by atoms with Crippen molar-refractivity contribution in [3.63, 3.8) is 0 Å². The Labute approximate surface area is 84.8 Å². The normalized spacial score (nSPS) is 12.2. The minimum absolute atomic E-state index is 0.165. The zero-order valence-corrected chi connectivity index (χ0v) is 9.05. The topological polar surface area (TPSA) is 44.0 Å². The largest absolute Gasteiger partial charge is 0.507 e. The van der Waals surface area contributed by atoms with Gasteiger partial charge in [0.25, 0.3) is 0 Å². The lowest BCUT2D eigenvalue weighted by atomic mass is 9.90. The highest BCUT2D eigenvalue weighted by Crippen LogP contribution is 2.32. The van der Waals surface area contributed by atoms with Crippen LogP contribution in [0.3, 0.4) is 0 Å². The molecule has 0 saturated heterocycles. The van der Waals surface area contributed by atoms with Crippen LogP contribution in [0, 0.1) is 32.1 Å². The van der Waals surface area contributed by atoms with E-state index in [2.05, 4.69) is 6.07 Å². The van der Waals surface area contributed by atoms with Crippen molar-refractivity contribution in [3.8, 4) is 11.8 Å². The maximum Gasteiger partial charge on any atom is 0.121 e. The molecule has 74 valence electrons. The highest BCUT2D eigenvalue weighted by Gasteiger charge is 2.14. The molecule has 0 radical (unpaired) electrons. The van der Waals surface area contributed by atoms with Crippen LogP contribution in [0.5, 0.6) is 5.75 Å². The van der Waals surface area contributed by atoms with Gasteiger partial charge < -0.3 is 5.11 Å². The van der Waals surface area contributed by atoms with E-state index in [1.54, 1.807) is 0 Å². The number of hydrogen-bond acceptors (Lipinski definition) is 2. The summed E-state index contributed by atoms with van der Waals surface area (Å²) in [5, 5.41) is 18.6. The molecule has 1 aromatic carbocycles. The van der Waals surface area contributed by atoms with E-state index in [0.717, 1.165) is 22.3 Å². The zero-order chi connectivity index (χ0) is 10.9. The summed E-state index contributed by atoms with van der Waals surface area (Å²) in [5.74, 6) is 0.147. The number of phenolic OH excluding ortho intramolecular Hbond substituents is 1. The van der Waals surface area contributed by atoms with Gasteiger partial charge in [0, 0.05) is 0 Å². The van der Waals surface area contributed by atoms with Gasteiger partial charge in [0.2, 0.25) is 0 Å². The molecule has 0 heterocycles. The molecule has 0 amide bonds. The van der Waals surface area contributed by atoms with Gasteiger partial charge in [-0.3, -0.25) is 0 Å². The van der Waals surface area contributed by atoms with Crippen molar-refractivity contribution < 1.29 is 5.11 Å². The van der Waals surface area contributed by atoms with Crippen LogP contribution < -0.4 is 0 Å². The number of aromatic hydroxyl groups is 1. The first kappa shape index (κ1) is 10.6. The lowest BCUT2D eigenvalue weighted by Gasteiger charge is -2.14. The molecule has 14 heavy (non-hydrogen) atoms. The Hall–Kier alpha value is -1.49. The third kappa shape index (κ3) is 1.58. The van der Waals surface area contributed by atoms with E-state index in [4.69, 9.17) is 5.26 Å². The quantitative estimate of drug-likeness (QED) is 0.738. The maximum absolute atomic E-state index is 9.75. The van der Waals surface area contributed by atoms with E-state index >= 15 is 0 Å². The van der Waals surface area contributed by atoms with Crippen molar-refractivity contribution in [1.29, 1.82) is 5.26 Å². The Bertz CT molecular complexity index is 402. The van der Waals surface area contributed by atoms with Crippen LogP contribution in [0.15, 0.2) is 6.07 Å². The monoisotopic (exact) mass is 189 g/mol. The number of nitriles is 1. The smallest absolute Gasteiger partial charge is 0.121 e. The van der Waals surface area contributed by atoms with Gasteiger partial charge in [-0.05, 0) is 49.9 Å². The van der Waals surface area contributed by atoms with Gasteiger partial charge in [-0.15, -0.1) is 0 Å². The molecule has 1 atom stereocenters. The van der Waals surface area contributed by atoms with E-state index in [1.165, 1.54) is 0 Å². The third-order valence-corrected chi connectivity index (χ3v) is 2.62. The molecule has 2 nitrogen and oxygen atoms in total. The van der Waals surface area contributed by atoms with E-state index in [9.17, 15) is 5.11 Å².